The van der Waals surface area contributed by atoms with Gasteiger partial charge >= 0.3 is 0 Å². The highest BCUT2D eigenvalue weighted by atomic mass is 32.2. The van der Waals surface area contributed by atoms with Crippen molar-refractivity contribution in [3.05, 3.63) is 21.9 Å². The quantitative estimate of drug-likeness (QED) is 0.682. The van der Waals surface area contributed by atoms with E-state index in [1.807, 2.05) is 11.4 Å². The molecule has 0 N–H and O–H groups in total. The largest absolute Gasteiger partial charge is 0.224 e. The van der Waals surface area contributed by atoms with Crippen LogP contribution in [-0.4, -0.2) is 19.8 Å². The predicted octanol–water partition coefficient (Wildman–Crippen LogP) is 1.76. The number of hydrogen-bond acceptors (Lipinski definition) is 3. The third kappa shape index (κ3) is 1.09. The molecule has 0 amide bonds. The average molecular weight is 231 g/mol. The Labute approximate surface area is 88.4 Å². The van der Waals surface area contributed by atoms with Crippen molar-refractivity contribution in [1.82, 2.24) is 4.31 Å². The van der Waals surface area contributed by atoms with Gasteiger partial charge in [-0.15, -0.1) is 11.3 Å². The highest BCUT2D eigenvalue weighted by Gasteiger charge is 2.45. The fourth-order valence-electron chi connectivity index (χ4n) is 1.82. The molecule has 0 aliphatic carbocycles. The van der Waals surface area contributed by atoms with Crippen molar-refractivity contribution in [3.63, 3.8) is 0 Å². The Hall–Kier alpha value is -0.390. The molecule has 0 saturated carbocycles. The van der Waals surface area contributed by atoms with Crippen molar-refractivity contribution < 1.29 is 8.42 Å². The minimum Gasteiger partial charge on any atom is -0.211 e. The van der Waals surface area contributed by atoms with Gasteiger partial charge in [0.15, 0.2) is 0 Å². The maximum atomic E-state index is 12.0. The third-order valence-electron chi connectivity index (χ3n) is 2.74. The molecule has 1 aliphatic rings. The molecule has 2 heterocycles. The molecule has 1 aromatic rings. The molecule has 5 heteroatoms. The minimum absolute atomic E-state index is 0.505. The summed E-state index contributed by atoms with van der Waals surface area (Å²) in [6.07, 6.45) is 0. The van der Waals surface area contributed by atoms with Gasteiger partial charge in [-0.2, -0.15) is 4.31 Å². The van der Waals surface area contributed by atoms with E-state index in [1.165, 1.54) is 15.6 Å². The van der Waals surface area contributed by atoms with Crippen molar-refractivity contribution >= 4 is 21.4 Å². The summed E-state index contributed by atoms with van der Waals surface area (Å²) in [7, 11) is -1.54. The zero-order valence-corrected chi connectivity index (χ0v) is 10.1. The van der Waals surface area contributed by atoms with Crippen molar-refractivity contribution in [2.45, 2.75) is 25.1 Å². The van der Waals surface area contributed by atoms with Gasteiger partial charge in [0.1, 0.15) is 4.75 Å². The molecule has 0 atom stereocenters. The Balaban J connectivity index is 2.70. The number of thiophene rings is 1. The summed E-state index contributed by atoms with van der Waals surface area (Å²) < 4.78 is 24.7. The van der Waals surface area contributed by atoms with E-state index >= 15 is 0 Å². The minimum atomic E-state index is -3.18. The highest BCUT2D eigenvalue weighted by Crippen LogP contribution is 2.41. The zero-order valence-electron chi connectivity index (χ0n) is 8.44. The van der Waals surface area contributed by atoms with Gasteiger partial charge in [-0.25, -0.2) is 8.42 Å². The van der Waals surface area contributed by atoms with Crippen molar-refractivity contribution in [2.75, 3.05) is 7.05 Å². The molecule has 0 unspecified atom stereocenters. The van der Waals surface area contributed by atoms with Crippen LogP contribution in [0.25, 0.3) is 0 Å². The van der Waals surface area contributed by atoms with E-state index in [-0.39, 0.29) is 0 Å². The Kier molecular flexibility index (Phi) is 2.03. The van der Waals surface area contributed by atoms with Crippen LogP contribution in [0.1, 0.15) is 24.3 Å². The maximum Gasteiger partial charge on any atom is 0.224 e. The van der Waals surface area contributed by atoms with Gasteiger partial charge < -0.3 is 0 Å². The molecule has 1 aromatic heterocycles. The summed E-state index contributed by atoms with van der Waals surface area (Å²) in [4.78, 5) is 0.982. The van der Waals surface area contributed by atoms with Crippen molar-refractivity contribution in [2.24, 2.45) is 0 Å². The van der Waals surface area contributed by atoms with Crippen LogP contribution in [0.5, 0.6) is 0 Å². The second-order valence-corrected chi connectivity index (χ2v) is 7.56. The van der Waals surface area contributed by atoms with Gasteiger partial charge in [-0.05, 0) is 30.9 Å². The lowest BCUT2D eigenvalue weighted by Gasteiger charge is -2.35. The zero-order chi connectivity index (χ0) is 10.6. The van der Waals surface area contributed by atoms with Gasteiger partial charge in [-0.3, -0.25) is 0 Å². The summed E-state index contributed by atoms with van der Waals surface area (Å²) in [6, 6.07) is 2.01. The van der Waals surface area contributed by atoms with E-state index in [0.717, 1.165) is 10.4 Å². The number of rotatable bonds is 0. The second kappa shape index (κ2) is 2.81. The fraction of sp³-hybridized carbons (Fsp3) is 0.556. The Morgan fingerprint density at radius 2 is 2.14 bits per heavy atom. The van der Waals surface area contributed by atoms with Crippen LogP contribution in [0.3, 0.4) is 0 Å². The van der Waals surface area contributed by atoms with Gasteiger partial charge in [0.05, 0.1) is 0 Å². The lowest BCUT2D eigenvalue weighted by molar-refractivity contribution is 0.421. The molecule has 0 aromatic carbocycles. The number of sulfonamides is 1. The van der Waals surface area contributed by atoms with Crippen molar-refractivity contribution in [3.8, 4) is 0 Å². The number of nitrogens with zero attached hydrogens (tertiary/aromatic N) is 1. The molecule has 2 rings (SSSR count). The topological polar surface area (TPSA) is 37.4 Å². The lowest BCUT2D eigenvalue weighted by atomic mass is 10.1. The fourth-order valence-corrected chi connectivity index (χ4v) is 4.67. The third-order valence-corrected chi connectivity index (χ3v) is 6.60. The van der Waals surface area contributed by atoms with E-state index in [4.69, 9.17) is 0 Å². The first kappa shape index (κ1) is 10.1. The number of fused-ring (bicyclic) bond motifs is 1. The van der Waals surface area contributed by atoms with Crippen LogP contribution in [0, 0.1) is 0 Å². The molecule has 78 valence electrons. The molecule has 14 heavy (non-hydrogen) atoms. The first-order chi connectivity index (χ1) is 6.37. The van der Waals surface area contributed by atoms with Crippen LogP contribution in [0.2, 0.25) is 0 Å². The van der Waals surface area contributed by atoms with E-state index < -0.39 is 14.8 Å². The van der Waals surface area contributed by atoms with E-state index in [2.05, 4.69) is 0 Å². The predicted molar refractivity (Wildman–Crippen MR) is 57.7 cm³/mol. The normalized spacial score (nSPS) is 24.5. The second-order valence-electron chi connectivity index (χ2n) is 4.05. The first-order valence-corrected chi connectivity index (χ1v) is 6.72. The van der Waals surface area contributed by atoms with Crippen LogP contribution in [-0.2, 0) is 21.3 Å². The maximum absolute atomic E-state index is 12.0. The summed E-state index contributed by atoms with van der Waals surface area (Å²) >= 11 is 1.53. The molecule has 0 spiro atoms. The highest BCUT2D eigenvalue weighted by molar-refractivity contribution is 7.90. The molecular formula is C9H13NO2S2. The molecule has 1 aliphatic heterocycles. The van der Waals surface area contributed by atoms with Crippen molar-refractivity contribution in [1.29, 1.82) is 0 Å². The van der Waals surface area contributed by atoms with Gasteiger partial charge in [0.2, 0.25) is 10.0 Å². The summed E-state index contributed by atoms with van der Waals surface area (Å²) in [5, 5.41) is 1.96. The molecular weight excluding hydrogens is 218 g/mol. The Morgan fingerprint density at radius 1 is 1.50 bits per heavy atom. The Bertz CT molecular complexity index is 459. The van der Waals surface area contributed by atoms with Gasteiger partial charge in [0.25, 0.3) is 0 Å². The summed E-state index contributed by atoms with van der Waals surface area (Å²) in [5.74, 6) is 0. The lowest BCUT2D eigenvalue weighted by Crippen LogP contribution is -2.44. The smallest absolute Gasteiger partial charge is 0.211 e. The summed E-state index contributed by atoms with van der Waals surface area (Å²) in [5.41, 5.74) is 1.14. The van der Waals surface area contributed by atoms with E-state index in [0.29, 0.717) is 6.54 Å². The van der Waals surface area contributed by atoms with Gasteiger partial charge in [-0.1, -0.05) is 0 Å². The molecule has 0 radical (unpaired) electrons. The Morgan fingerprint density at radius 3 is 2.79 bits per heavy atom. The number of hydrogen-bond donors (Lipinski definition) is 0. The SMILES string of the molecule is CN1Cc2ccsc2C(C)(C)S1(=O)=O. The van der Waals surface area contributed by atoms with Gasteiger partial charge in [0, 0.05) is 18.5 Å². The molecule has 0 fully saturated rings. The van der Waals surface area contributed by atoms with Crippen LogP contribution in [0.4, 0.5) is 0 Å². The van der Waals surface area contributed by atoms with E-state index in [9.17, 15) is 8.42 Å². The molecule has 0 saturated heterocycles. The molecule has 3 nitrogen and oxygen atoms in total. The first-order valence-electron chi connectivity index (χ1n) is 4.40. The summed E-state index contributed by atoms with van der Waals surface area (Å²) in [6.45, 7) is 4.05. The van der Waals surface area contributed by atoms with Crippen LogP contribution < -0.4 is 0 Å². The van der Waals surface area contributed by atoms with Crippen LogP contribution >= 0.6 is 11.3 Å². The monoisotopic (exact) mass is 231 g/mol. The molecule has 0 bridgehead atoms. The average Bonchev–Trinajstić information content (AvgIpc) is 2.50. The standard InChI is InChI=1S/C9H13NO2S2/c1-9(2)8-7(4-5-13-8)6-10(3)14(9,11)12/h4-5H,6H2,1-3H3. The van der Waals surface area contributed by atoms with E-state index in [1.54, 1.807) is 20.9 Å². The van der Waals surface area contributed by atoms with Crippen LogP contribution in [0.15, 0.2) is 11.4 Å².